The first-order valence-corrected chi connectivity index (χ1v) is 8.86. The molecule has 0 aliphatic heterocycles. The fraction of sp³-hybridized carbons (Fsp3) is 0.238. The minimum Gasteiger partial charge on any atom is -0.471 e. The topological polar surface area (TPSA) is 76.3 Å². The van der Waals surface area contributed by atoms with Crippen LogP contribution in [-0.2, 0) is 16.1 Å². The fourth-order valence-electron chi connectivity index (χ4n) is 3.06. The van der Waals surface area contributed by atoms with Crippen molar-refractivity contribution in [2.24, 2.45) is 0 Å². The van der Waals surface area contributed by atoms with Crippen LogP contribution in [0.25, 0.3) is 22.2 Å². The van der Waals surface area contributed by atoms with Crippen LogP contribution in [-0.4, -0.2) is 31.6 Å². The van der Waals surface area contributed by atoms with E-state index in [4.69, 9.17) is 4.79 Å². The Labute approximate surface area is 171 Å². The molecule has 2 aromatic carbocycles. The van der Waals surface area contributed by atoms with Crippen molar-refractivity contribution in [2.45, 2.75) is 19.8 Å². The molecule has 0 fully saturated rings. The summed E-state index contributed by atoms with van der Waals surface area (Å²) < 4.78 is 47.3. The van der Waals surface area contributed by atoms with Gasteiger partial charge in [0.1, 0.15) is 11.8 Å². The Morgan fingerprint density at radius 3 is 2.30 bits per heavy atom. The maximum absolute atomic E-state index is 12.5. The molecule has 6 nitrogen and oxygen atoms in total. The van der Waals surface area contributed by atoms with E-state index in [0.717, 1.165) is 11.3 Å². The fourth-order valence-corrected chi connectivity index (χ4v) is 3.06. The molecule has 3 aromatic rings. The smallest absolute Gasteiger partial charge is 0.471 e. The Hall–Kier alpha value is -3.67. The minimum absolute atomic E-state index is 0.307. The molecule has 0 saturated carbocycles. The number of benzene rings is 2. The van der Waals surface area contributed by atoms with E-state index in [2.05, 4.69) is 20.9 Å². The van der Waals surface area contributed by atoms with Crippen molar-refractivity contribution in [3.05, 3.63) is 48.0 Å². The van der Waals surface area contributed by atoms with Gasteiger partial charge < -0.3 is 19.4 Å². The molecule has 0 amide bonds. The van der Waals surface area contributed by atoms with Crippen LogP contribution in [0, 0.1) is 11.3 Å². The highest BCUT2D eigenvalue weighted by molar-refractivity contribution is 5.95. The number of nitrogens with one attached hydrogen (secondary N) is 1. The van der Waals surface area contributed by atoms with Crippen molar-refractivity contribution >= 4 is 23.1 Å². The van der Waals surface area contributed by atoms with Gasteiger partial charge in [-0.15, -0.1) is 13.2 Å². The zero-order valence-corrected chi connectivity index (χ0v) is 16.6. The summed E-state index contributed by atoms with van der Waals surface area (Å²) in [5.74, 6) is -0.307. The number of hydrogen-bond acceptors (Lipinski definition) is 5. The summed E-state index contributed by atoms with van der Waals surface area (Å²) in [4.78, 5) is 8.95. The third kappa shape index (κ3) is 5.03. The largest absolute Gasteiger partial charge is 0.573 e. The summed E-state index contributed by atoms with van der Waals surface area (Å²) in [6.07, 6.45) is -4.76. The zero-order chi connectivity index (χ0) is 22.3. The van der Waals surface area contributed by atoms with Gasteiger partial charge in [0.05, 0.1) is 23.9 Å². The monoisotopic (exact) mass is 419 g/mol. The highest BCUT2D eigenvalue weighted by Crippen LogP contribution is 2.36. The van der Waals surface area contributed by atoms with Crippen molar-refractivity contribution in [2.75, 3.05) is 19.5 Å². The lowest BCUT2D eigenvalue weighted by atomic mass is 10.1. The minimum atomic E-state index is -4.76. The van der Waals surface area contributed by atoms with E-state index in [9.17, 15) is 18.4 Å². The number of anilines is 1. The highest BCUT2D eigenvalue weighted by atomic mass is 19.4. The molecule has 3 rings (SSSR count). The first-order chi connectivity index (χ1) is 14.3. The zero-order valence-electron chi connectivity index (χ0n) is 16.6. The van der Waals surface area contributed by atoms with Crippen LogP contribution in [0.1, 0.15) is 12.5 Å². The van der Waals surface area contributed by atoms with Gasteiger partial charge in [-0.25, -0.2) is 0 Å². The molecule has 0 spiro atoms. The molecule has 0 bridgehead atoms. The molecule has 0 radical (unpaired) electrons. The number of carbonyl (C=O) groups is 1. The highest BCUT2D eigenvalue weighted by Gasteiger charge is 2.31. The predicted molar refractivity (Wildman–Crippen MR) is 107 cm³/mol. The standard InChI is InChI=1S/C19H16F3N3O.C2H4O2/c1-3-25-17-10-14(26-19(20,21)22)8-9-15(17)16(11-23)18(25)12-4-6-13(24-2)7-5-12;1-4-2-3/h4-10,24H,3H2,1-2H3;2H,1H3. The lowest BCUT2D eigenvalue weighted by molar-refractivity contribution is -0.274. The van der Waals surface area contributed by atoms with Gasteiger partial charge in [0.2, 0.25) is 0 Å². The number of halogens is 3. The molecule has 0 saturated heterocycles. The van der Waals surface area contributed by atoms with Crippen molar-refractivity contribution in [1.29, 1.82) is 5.26 Å². The first-order valence-electron chi connectivity index (χ1n) is 8.86. The molecule has 0 unspecified atom stereocenters. The average molecular weight is 419 g/mol. The molecule has 30 heavy (non-hydrogen) atoms. The van der Waals surface area contributed by atoms with E-state index >= 15 is 0 Å². The number of aromatic nitrogens is 1. The molecule has 0 atom stereocenters. The van der Waals surface area contributed by atoms with Gasteiger partial charge in [-0.2, -0.15) is 5.26 Å². The summed E-state index contributed by atoms with van der Waals surface area (Å²) >= 11 is 0. The van der Waals surface area contributed by atoms with Gasteiger partial charge in [-0.1, -0.05) is 12.1 Å². The summed E-state index contributed by atoms with van der Waals surface area (Å²) in [6, 6.07) is 13.7. The Bertz CT molecular complexity index is 1050. The number of rotatable bonds is 5. The molecule has 158 valence electrons. The van der Waals surface area contributed by atoms with Gasteiger partial charge in [0.25, 0.3) is 6.47 Å². The molecule has 0 aliphatic carbocycles. The number of nitriles is 1. The van der Waals surface area contributed by atoms with Crippen LogP contribution in [0.3, 0.4) is 0 Å². The van der Waals surface area contributed by atoms with Gasteiger partial charge in [-0.3, -0.25) is 4.79 Å². The molecular formula is C21H20F3N3O3. The normalized spacial score (nSPS) is 10.6. The van der Waals surface area contributed by atoms with Crippen molar-refractivity contribution in [3.63, 3.8) is 0 Å². The number of hydrogen-bond donors (Lipinski definition) is 1. The van der Waals surface area contributed by atoms with Crippen LogP contribution in [0.2, 0.25) is 0 Å². The Morgan fingerprint density at radius 2 is 1.83 bits per heavy atom. The maximum Gasteiger partial charge on any atom is 0.573 e. The van der Waals surface area contributed by atoms with Crippen molar-refractivity contribution in [3.8, 4) is 23.1 Å². The van der Waals surface area contributed by atoms with Gasteiger partial charge in [0.15, 0.2) is 0 Å². The van der Waals surface area contributed by atoms with Gasteiger partial charge >= 0.3 is 6.36 Å². The Morgan fingerprint density at radius 1 is 1.20 bits per heavy atom. The van der Waals surface area contributed by atoms with Crippen molar-refractivity contribution in [1.82, 2.24) is 4.57 Å². The van der Waals surface area contributed by atoms with E-state index in [0.29, 0.717) is 35.2 Å². The number of nitrogens with zero attached hydrogens (tertiary/aromatic N) is 2. The van der Waals surface area contributed by atoms with E-state index in [1.54, 1.807) is 7.05 Å². The Balaban J connectivity index is 0.000000735. The van der Waals surface area contributed by atoms with Crippen molar-refractivity contribution < 1.29 is 27.4 Å². The van der Waals surface area contributed by atoms with Crippen LogP contribution in [0.15, 0.2) is 42.5 Å². The summed E-state index contributed by atoms with van der Waals surface area (Å²) in [5.41, 5.74) is 3.37. The van der Waals surface area contributed by atoms with Crippen LogP contribution >= 0.6 is 0 Å². The van der Waals surface area contributed by atoms with E-state index < -0.39 is 6.36 Å². The van der Waals surface area contributed by atoms with Gasteiger partial charge in [0, 0.05) is 30.7 Å². The Kier molecular flexibility index (Phi) is 7.31. The second-order valence-electron chi connectivity index (χ2n) is 5.97. The average Bonchev–Trinajstić information content (AvgIpc) is 3.05. The number of aryl methyl sites for hydroxylation is 1. The maximum atomic E-state index is 12.5. The second kappa shape index (κ2) is 9.69. The van der Waals surface area contributed by atoms with Crippen LogP contribution in [0.5, 0.6) is 5.75 Å². The van der Waals surface area contributed by atoms with E-state index in [1.807, 2.05) is 35.8 Å². The molecular weight excluding hydrogens is 399 g/mol. The van der Waals surface area contributed by atoms with Crippen LogP contribution < -0.4 is 10.1 Å². The van der Waals surface area contributed by atoms with E-state index in [1.165, 1.54) is 25.3 Å². The second-order valence-corrected chi connectivity index (χ2v) is 5.97. The number of carbonyl (C=O) groups excluding carboxylic acids is 1. The lowest BCUT2D eigenvalue weighted by Crippen LogP contribution is -2.17. The first kappa shape index (κ1) is 22.6. The summed E-state index contributed by atoms with van der Waals surface area (Å²) in [7, 11) is 3.12. The molecule has 1 heterocycles. The quantitative estimate of drug-likeness (QED) is 0.594. The number of alkyl halides is 3. The molecule has 0 aliphatic rings. The number of methoxy groups -OCH3 is 1. The number of fused-ring (bicyclic) bond motifs is 1. The lowest BCUT2D eigenvalue weighted by Gasteiger charge is -2.11. The third-order valence-corrected chi connectivity index (χ3v) is 4.24. The molecule has 1 aromatic heterocycles. The molecule has 1 N–H and O–H groups in total. The number of ether oxygens (including phenoxy) is 2. The summed E-state index contributed by atoms with van der Waals surface area (Å²) in [6.45, 7) is 2.75. The SMILES string of the molecule is CCn1c(-c2ccc(NC)cc2)c(C#N)c2ccc(OC(F)(F)F)cc21.COC=O. The van der Waals surface area contributed by atoms with Gasteiger partial charge in [-0.05, 0) is 36.8 Å². The van der Waals surface area contributed by atoms with E-state index in [-0.39, 0.29) is 5.75 Å². The third-order valence-electron chi connectivity index (χ3n) is 4.24. The van der Waals surface area contributed by atoms with Crippen LogP contribution in [0.4, 0.5) is 18.9 Å². The molecule has 9 heteroatoms. The summed E-state index contributed by atoms with van der Waals surface area (Å²) in [5, 5.41) is 13.3. The predicted octanol–water partition coefficient (Wildman–Crippen LogP) is 4.93.